The minimum atomic E-state index is -0.552. The van der Waals surface area contributed by atoms with Gasteiger partial charge in [0.1, 0.15) is 5.82 Å². The van der Waals surface area contributed by atoms with E-state index in [0.717, 1.165) is 16.5 Å². The second-order valence-electron chi connectivity index (χ2n) is 4.48. The molecule has 2 aromatic rings. The van der Waals surface area contributed by atoms with E-state index in [0.29, 0.717) is 5.69 Å². The molecule has 2 aromatic carbocycles. The van der Waals surface area contributed by atoms with Gasteiger partial charge in [-0.15, -0.1) is 11.8 Å². The average molecular weight is 325 g/mol. The minimum absolute atomic E-state index is 0.124. The highest BCUT2D eigenvalue weighted by Crippen LogP contribution is 2.23. The largest absolute Gasteiger partial charge is 0.399 e. The summed E-state index contributed by atoms with van der Waals surface area (Å²) < 4.78 is 13.6. The van der Waals surface area contributed by atoms with Gasteiger partial charge in [-0.1, -0.05) is 11.6 Å². The first-order chi connectivity index (χ1) is 9.95. The molecule has 0 saturated carbocycles. The molecule has 2 rings (SSSR count). The summed E-state index contributed by atoms with van der Waals surface area (Å²) >= 11 is 7.02. The highest BCUT2D eigenvalue weighted by atomic mass is 35.5. The number of thioether (sulfide) groups is 1. The topological polar surface area (TPSA) is 55.1 Å². The smallest absolute Gasteiger partial charge is 0.234 e. The van der Waals surface area contributed by atoms with Crippen LogP contribution in [0.15, 0.2) is 41.3 Å². The van der Waals surface area contributed by atoms with Crippen molar-refractivity contribution in [1.29, 1.82) is 0 Å². The number of nitrogen functional groups attached to an aromatic ring is 1. The van der Waals surface area contributed by atoms with Gasteiger partial charge < -0.3 is 11.1 Å². The van der Waals surface area contributed by atoms with E-state index in [4.69, 9.17) is 17.3 Å². The molecule has 0 radical (unpaired) electrons. The second kappa shape index (κ2) is 6.83. The van der Waals surface area contributed by atoms with Crippen LogP contribution in [0.5, 0.6) is 0 Å². The van der Waals surface area contributed by atoms with Crippen LogP contribution in [0.3, 0.4) is 0 Å². The zero-order valence-corrected chi connectivity index (χ0v) is 12.9. The van der Waals surface area contributed by atoms with Gasteiger partial charge in [0.25, 0.3) is 0 Å². The quantitative estimate of drug-likeness (QED) is 0.657. The Bertz CT molecular complexity index is 679. The molecule has 0 saturated heterocycles. The van der Waals surface area contributed by atoms with Gasteiger partial charge in [0, 0.05) is 15.6 Å². The molecule has 3 N–H and O–H groups in total. The van der Waals surface area contributed by atoms with Crippen LogP contribution in [-0.4, -0.2) is 11.7 Å². The van der Waals surface area contributed by atoms with Crippen LogP contribution in [0.1, 0.15) is 5.56 Å². The van der Waals surface area contributed by atoms with Crippen LogP contribution < -0.4 is 11.1 Å². The molecule has 6 heteroatoms. The Morgan fingerprint density at radius 3 is 2.76 bits per heavy atom. The number of amides is 1. The lowest BCUT2D eigenvalue weighted by atomic mass is 10.2. The Labute approximate surface area is 131 Å². The van der Waals surface area contributed by atoms with Crippen molar-refractivity contribution in [3.8, 4) is 0 Å². The monoisotopic (exact) mass is 324 g/mol. The van der Waals surface area contributed by atoms with Crippen molar-refractivity contribution < 1.29 is 9.18 Å². The Morgan fingerprint density at radius 1 is 1.33 bits per heavy atom. The highest BCUT2D eigenvalue weighted by Gasteiger charge is 2.08. The number of halogens is 2. The summed E-state index contributed by atoms with van der Waals surface area (Å²) in [5.74, 6) is -0.648. The van der Waals surface area contributed by atoms with Crippen LogP contribution in [0, 0.1) is 12.7 Å². The van der Waals surface area contributed by atoms with Crippen LogP contribution in [0.4, 0.5) is 15.8 Å². The molecule has 0 aliphatic carbocycles. The minimum Gasteiger partial charge on any atom is -0.399 e. The Hall–Kier alpha value is -1.72. The van der Waals surface area contributed by atoms with Gasteiger partial charge in [-0.2, -0.15) is 0 Å². The molecule has 21 heavy (non-hydrogen) atoms. The fourth-order valence-electron chi connectivity index (χ4n) is 1.66. The number of nitrogens with two attached hydrogens (primary N) is 1. The first-order valence-corrected chi connectivity index (χ1v) is 7.56. The number of hydrogen-bond donors (Lipinski definition) is 2. The van der Waals surface area contributed by atoms with Gasteiger partial charge in [-0.05, 0) is 48.9 Å². The number of hydrogen-bond acceptors (Lipinski definition) is 3. The summed E-state index contributed by atoms with van der Waals surface area (Å²) in [7, 11) is 0. The molecule has 0 heterocycles. The second-order valence-corrected chi connectivity index (χ2v) is 5.96. The normalized spacial score (nSPS) is 10.4. The standard InChI is InChI=1S/C15H14ClFN2OS/c1-9-6-11(3-4-13(9)18)21-8-15(20)19-14-5-2-10(16)7-12(14)17/h2-7H,8,18H2,1H3,(H,19,20). The summed E-state index contributed by atoms with van der Waals surface area (Å²) in [6.45, 7) is 1.91. The SMILES string of the molecule is Cc1cc(SCC(=O)Nc2ccc(Cl)cc2F)ccc1N. The maximum Gasteiger partial charge on any atom is 0.234 e. The van der Waals surface area contributed by atoms with Gasteiger partial charge in [0.05, 0.1) is 11.4 Å². The predicted octanol–water partition coefficient (Wildman–Crippen LogP) is 4.10. The third-order valence-corrected chi connectivity index (χ3v) is 4.05. The zero-order chi connectivity index (χ0) is 15.4. The molecule has 0 spiro atoms. The molecule has 0 atom stereocenters. The third kappa shape index (κ3) is 4.37. The molecule has 0 bridgehead atoms. The van der Waals surface area contributed by atoms with Gasteiger partial charge in [0.2, 0.25) is 5.91 Å². The molecule has 0 aromatic heterocycles. The van der Waals surface area contributed by atoms with E-state index in [1.54, 1.807) is 6.07 Å². The predicted molar refractivity (Wildman–Crippen MR) is 86.4 cm³/mol. The number of anilines is 2. The van der Waals surface area contributed by atoms with Crippen molar-refractivity contribution >= 4 is 40.6 Å². The zero-order valence-electron chi connectivity index (χ0n) is 11.3. The highest BCUT2D eigenvalue weighted by molar-refractivity contribution is 8.00. The molecule has 110 valence electrons. The van der Waals surface area contributed by atoms with Crippen molar-refractivity contribution in [2.24, 2.45) is 0 Å². The molecule has 0 aliphatic rings. The molecular weight excluding hydrogens is 311 g/mol. The summed E-state index contributed by atoms with van der Waals surface area (Å²) in [5.41, 5.74) is 7.54. The van der Waals surface area contributed by atoms with E-state index in [1.165, 1.54) is 23.9 Å². The van der Waals surface area contributed by atoms with Gasteiger partial charge in [-0.25, -0.2) is 4.39 Å². The number of carbonyl (C=O) groups excluding carboxylic acids is 1. The molecular formula is C15H14ClFN2OS. The number of aryl methyl sites for hydroxylation is 1. The van der Waals surface area contributed by atoms with Crippen LogP contribution in [0.2, 0.25) is 5.02 Å². The van der Waals surface area contributed by atoms with Crippen molar-refractivity contribution in [1.82, 2.24) is 0 Å². The third-order valence-electron chi connectivity index (χ3n) is 2.82. The van der Waals surface area contributed by atoms with Gasteiger partial charge >= 0.3 is 0 Å². The van der Waals surface area contributed by atoms with E-state index >= 15 is 0 Å². The van der Waals surface area contributed by atoms with Gasteiger partial charge in [0.15, 0.2) is 0 Å². The molecule has 0 aliphatic heterocycles. The van der Waals surface area contributed by atoms with Gasteiger partial charge in [-0.3, -0.25) is 4.79 Å². The van der Waals surface area contributed by atoms with Crippen molar-refractivity contribution in [2.45, 2.75) is 11.8 Å². The van der Waals surface area contributed by atoms with Crippen molar-refractivity contribution in [2.75, 3.05) is 16.8 Å². The molecule has 3 nitrogen and oxygen atoms in total. The maximum atomic E-state index is 13.6. The van der Waals surface area contributed by atoms with Crippen LogP contribution in [-0.2, 0) is 4.79 Å². The number of rotatable bonds is 4. The molecule has 0 fully saturated rings. The first-order valence-electron chi connectivity index (χ1n) is 6.19. The Kier molecular flexibility index (Phi) is 5.09. The van der Waals surface area contributed by atoms with E-state index in [-0.39, 0.29) is 22.4 Å². The lowest BCUT2D eigenvalue weighted by molar-refractivity contribution is -0.113. The summed E-state index contributed by atoms with van der Waals surface area (Å²) in [4.78, 5) is 12.8. The molecule has 0 unspecified atom stereocenters. The fraction of sp³-hybridized carbons (Fsp3) is 0.133. The van der Waals surface area contributed by atoms with Crippen LogP contribution >= 0.6 is 23.4 Å². The maximum absolute atomic E-state index is 13.6. The lowest BCUT2D eigenvalue weighted by Gasteiger charge is -2.07. The number of benzene rings is 2. The molecule has 1 amide bonds. The summed E-state index contributed by atoms with van der Waals surface area (Å²) in [6.07, 6.45) is 0. The van der Waals surface area contributed by atoms with E-state index in [1.807, 2.05) is 19.1 Å². The fourth-order valence-corrected chi connectivity index (χ4v) is 2.62. The summed E-state index contributed by atoms with van der Waals surface area (Å²) in [5, 5.41) is 2.80. The lowest BCUT2D eigenvalue weighted by Crippen LogP contribution is -2.15. The van der Waals surface area contributed by atoms with E-state index in [9.17, 15) is 9.18 Å². The van der Waals surface area contributed by atoms with Crippen LogP contribution in [0.25, 0.3) is 0 Å². The van der Waals surface area contributed by atoms with E-state index < -0.39 is 5.82 Å². The Balaban J connectivity index is 1.94. The average Bonchev–Trinajstić information content (AvgIpc) is 2.43. The van der Waals surface area contributed by atoms with Crippen molar-refractivity contribution in [3.05, 3.63) is 52.8 Å². The first kappa shape index (κ1) is 15.7. The number of nitrogens with one attached hydrogen (secondary N) is 1. The summed E-state index contributed by atoms with van der Waals surface area (Å²) in [6, 6.07) is 9.69. The van der Waals surface area contributed by atoms with Crippen molar-refractivity contribution in [3.63, 3.8) is 0 Å². The Morgan fingerprint density at radius 2 is 2.10 bits per heavy atom. The number of carbonyl (C=O) groups is 1. The van der Waals surface area contributed by atoms with E-state index in [2.05, 4.69) is 5.32 Å².